The van der Waals surface area contributed by atoms with Crippen LogP contribution in [0.15, 0.2) is 21.3 Å². The van der Waals surface area contributed by atoms with Crippen molar-refractivity contribution in [3.05, 3.63) is 34.1 Å². The van der Waals surface area contributed by atoms with Gasteiger partial charge in [0, 0.05) is 13.0 Å². The Balaban J connectivity index is 1.78. The van der Waals surface area contributed by atoms with Gasteiger partial charge in [0.05, 0.1) is 0 Å². The fourth-order valence-electron chi connectivity index (χ4n) is 2.06. The summed E-state index contributed by atoms with van der Waals surface area (Å²) < 4.78 is 11.0. The zero-order chi connectivity index (χ0) is 11.7. The topological polar surface area (TPSA) is 48.2 Å². The minimum Gasteiger partial charge on any atom is -0.365 e. The first-order chi connectivity index (χ1) is 8.26. The number of thiophene rings is 1. The Morgan fingerprint density at radius 1 is 1.53 bits per heavy atom. The quantitative estimate of drug-likeness (QED) is 0.840. The second kappa shape index (κ2) is 4.23. The molecule has 0 aliphatic carbocycles. The van der Waals surface area contributed by atoms with Crippen LogP contribution in [-0.4, -0.2) is 16.7 Å². The van der Waals surface area contributed by atoms with Gasteiger partial charge in [0.2, 0.25) is 0 Å². The van der Waals surface area contributed by atoms with Gasteiger partial charge in [-0.15, -0.1) is 0 Å². The molecule has 0 aromatic carbocycles. The maximum atomic E-state index is 5.68. The van der Waals surface area contributed by atoms with Gasteiger partial charge in [-0.2, -0.15) is 16.3 Å². The summed E-state index contributed by atoms with van der Waals surface area (Å²) in [7, 11) is 0. The van der Waals surface area contributed by atoms with Crippen LogP contribution >= 0.6 is 11.3 Å². The van der Waals surface area contributed by atoms with Gasteiger partial charge in [0.1, 0.15) is 5.60 Å². The highest BCUT2D eigenvalue weighted by atomic mass is 32.1. The first-order valence-corrected chi connectivity index (χ1v) is 6.69. The van der Waals surface area contributed by atoms with Gasteiger partial charge in [-0.25, -0.2) is 0 Å². The molecule has 4 nitrogen and oxygen atoms in total. The molecule has 1 unspecified atom stereocenters. The van der Waals surface area contributed by atoms with Crippen molar-refractivity contribution in [1.82, 2.24) is 10.1 Å². The summed E-state index contributed by atoms with van der Waals surface area (Å²) in [5.74, 6) is 1.34. The van der Waals surface area contributed by atoms with Crippen molar-refractivity contribution >= 4 is 11.3 Å². The Kier molecular flexibility index (Phi) is 2.72. The van der Waals surface area contributed by atoms with E-state index in [0.717, 1.165) is 31.7 Å². The van der Waals surface area contributed by atoms with Gasteiger partial charge >= 0.3 is 0 Å². The van der Waals surface area contributed by atoms with Gasteiger partial charge in [-0.05, 0) is 42.2 Å². The number of ether oxygens (including phenoxy) is 1. The van der Waals surface area contributed by atoms with Crippen molar-refractivity contribution in [2.45, 2.75) is 31.8 Å². The van der Waals surface area contributed by atoms with Crippen LogP contribution in [0.1, 0.15) is 37.0 Å². The van der Waals surface area contributed by atoms with Crippen LogP contribution in [0, 0.1) is 0 Å². The van der Waals surface area contributed by atoms with Crippen LogP contribution < -0.4 is 0 Å². The molecule has 90 valence electrons. The molecule has 0 bridgehead atoms. The molecule has 3 heterocycles. The molecule has 1 saturated heterocycles. The van der Waals surface area contributed by atoms with Crippen LogP contribution in [0.5, 0.6) is 0 Å². The second-order valence-corrected chi connectivity index (χ2v) is 5.29. The summed E-state index contributed by atoms with van der Waals surface area (Å²) >= 11 is 1.68. The Hall–Kier alpha value is -1.20. The van der Waals surface area contributed by atoms with E-state index in [1.165, 1.54) is 5.56 Å². The van der Waals surface area contributed by atoms with Crippen LogP contribution in [-0.2, 0) is 16.8 Å². The normalized spacial score (nSPS) is 24.3. The largest absolute Gasteiger partial charge is 0.365 e. The van der Waals surface area contributed by atoms with Crippen molar-refractivity contribution in [1.29, 1.82) is 0 Å². The highest BCUT2D eigenvalue weighted by Gasteiger charge is 2.37. The summed E-state index contributed by atoms with van der Waals surface area (Å²) in [6.07, 6.45) is 2.73. The van der Waals surface area contributed by atoms with Crippen LogP contribution in [0.4, 0.5) is 0 Å². The summed E-state index contributed by atoms with van der Waals surface area (Å²) in [6, 6.07) is 2.08. The molecule has 1 aliphatic heterocycles. The van der Waals surface area contributed by atoms with Crippen molar-refractivity contribution in [3.63, 3.8) is 0 Å². The highest BCUT2D eigenvalue weighted by molar-refractivity contribution is 7.07. The van der Waals surface area contributed by atoms with E-state index >= 15 is 0 Å². The molecular formula is C12H14N2O2S. The van der Waals surface area contributed by atoms with E-state index in [2.05, 4.69) is 27.0 Å². The first-order valence-electron chi connectivity index (χ1n) is 5.74. The molecule has 5 heteroatoms. The Labute approximate surface area is 104 Å². The summed E-state index contributed by atoms with van der Waals surface area (Å²) in [4.78, 5) is 4.44. The van der Waals surface area contributed by atoms with Crippen LogP contribution in [0.2, 0.25) is 0 Å². The van der Waals surface area contributed by atoms with E-state index in [1.807, 2.05) is 6.92 Å². The molecule has 0 amide bonds. The maximum absolute atomic E-state index is 5.68. The lowest BCUT2D eigenvalue weighted by molar-refractivity contribution is -0.00937. The van der Waals surface area contributed by atoms with Crippen molar-refractivity contribution < 1.29 is 9.26 Å². The third kappa shape index (κ3) is 2.12. The molecule has 2 aromatic rings. The zero-order valence-electron chi connectivity index (χ0n) is 9.68. The highest BCUT2D eigenvalue weighted by Crippen LogP contribution is 2.34. The van der Waals surface area contributed by atoms with Crippen LogP contribution in [0.25, 0.3) is 0 Å². The van der Waals surface area contributed by atoms with Gasteiger partial charge < -0.3 is 9.26 Å². The summed E-state index contributed by atoms with van der Waals surface area (Å²) in [6.45, 7) is 2.79. The lowest BCUT2D eigenvalue weighted by Crippen LogP contribution is -2.20. The van der Waals surface area contributed by atoms with Crippen molar-refractivity contribution in [2.24, 2.45) is 0 Å². The third-order valence-electron chi connectivity index (χ3n) is 3.08. The maximum Gasteiger partial charge on any atom is 0.258 e. The Morgan fingerprint density at radius 3 is 3.18 bits per heavy atom. The molecule has 0 saturated carbocycles. The molecule has 0 spiro atoms. The lowest BCUT2D eigenvalue weighted by atomic mass is 10.0. The number of hydrogen-bond donors (Lipinski definition) is 0. The second-order valence-electron chi connectivity index (χ2n) is 4.51. The number of rotatable bonds is 3. The van der Waals surface area contributed by atoms with Gasteiger partial charge in [-0.3, -0.25) is 0 Å². The standard InChI is InChI=1S/C12H14N2O2S/c1-12(4-2-5-15-12)11-13-10(14-16-11)7-9-3-6-17-8-9/h3,6,8H,2,4-5,7H2,1H3. The third-order valence-corrected chi connectivity index (χ3v) is 3.81. The lowest BCUT2D eigenvalue weighted by Gasteiger charge is -2.16. The molecule has 2 aromatic heterocycles. The Bertz CT molecular complexity index is 486. The predicted molar refractivity (Wildman–Crippen MR) is 64.0 cm³/mol. The molecule has 3 rings (SSSR count). The van der Waals surface area contributed by atoms with Crippen molar-refractivity contribution in [3.8, 4) is 0 Å². The number of nitrogens with zero attached hydrogens (tertiary/aromatic N) is 2. The molecule has 0 N–H and O–H groups in total. The summed E-state index contributed by atoms with van der Waals surface area (Å²) in [5.41, 5.74) is 0.847. The molecule has 17 heavy (non-hydrogen) atoms. The fourth-order valence-corrected chi connectivity index (χ4v) is 2.73. The van der Waals surface area contributed by atoms with Gasteiger partial charge in [0.25, 0.3) is 5.89 Å². The fraction of sp³-hybridized carbons (Fsp3) is 0.500. The van der Waals surface area contributed by atoms with E-state index in [9.17, 15) is 0 Å². The number of aromatic nitrogens is 2. The van der Waals surface area contributed by atoms with Gasteiger partial charge in [-0.1, -0.05) is 5.16 Å². The molecule has 1 atom stereocenters. The van der Waals surface area contributed by atoms with E-state index in [4.69, 9.17) is 9.26 Å². The first kappa shape index (κ1) is 10.9. The van der Waals surface area contributed by atoms with E-state index < -0.39 is 0 Å². The summed E-state index contributed by atoms with van der Waals surface area (Å²) in [5, 5.41) is 8.17. The van der Waals surface area contributed by atoms with Crippen molar-refractivity contribution in [2.75, 3.05) is 6.61 Å². The molecule has 0 radical (unpaired) electrons. The zero-order valence-corrected chi connectivity index (χ0v) is 10.5. The molecular weight excluding hydrogens is 236 g/mol. The van der Waals surface area contributed by atoms with Gasteiger partial charge in [0.15, 0.2) is 5.82 Å². The Morgan fingerprint density at radius 2 is 2.47 bits per heavy atom. The minimum absolute atomic E-state index is 0.375. The minimum atomic E-state index is -0.375. The SMILES string of the molecule is CC1(c2nc(Cc3ccsc3)no2)CCCO1. The van der Waals surface area contributed by atoms with Crippen LogP contribution in [0.3, 0.4) is 0 Å². The van der Waals surface area contributed by atoms with E-state index in [0.29, 0.717) is 5.89 Å². The van der Waals surface area contributed by atoms with E-state index in [1.54, 1.807) is 11.3 Å². The predicted octanol–water partition coefficient (Wildman–Crippen LogP) is 2.75. The average Bonchev–Trinajstić information content (AvgIpc) is 3.00. The smallest absolute Gasteiger partial charge is 0.258 e. The van der Waals surface area contributed by atoms with E-state index in [-0.39, 0.29) is 5.60 Å². The molecule has 1 fully saturated rings. The monoisotopic (exact) mass is 250 g/mol. The molecule has 1 aliphatic rings. The number of hydrogen-bond acceptors (Lipinski definition) is 5. The average molecular weight is 250 g/mol.